The maximum absolute atomic E-state index is 5.85. The predicted octanol–water partition coefficient (Wildman–Crippen LogP) is 5.06. The van der Waals surface area contributed by atoms with E-state index in [1.807, 2.05) is 31.2 Å². The molecular weight excluding hydrogens is 438 g/mol. The van der Waals surface area contributed by atoms with Gasteiger partial charge in [0, 0.05) is 22.2 Å². The second-order valence-corrected chi connectivity index (χ2v) is 6.82. The van der Waals surface area contributed by atoms with Crippen molar-refractivity contribution in [1.82, 2.24) is 10.3 Å². The first-order valence-electron chi connectivity index (χ1n) is 6.07. The van der Waals surface area contributed by atoms with Gasteiger partial charge in [0.1, 0.15) is 5.82 Å². The molecule has 0 fully saturated rings. The van der Waals surface area contributed by atoms with Gasteiger partial charge in [-0.25, -0.2) is 4.98 Å². The molecule has 1 aromatic heterocycles. The summed E-state index contributed by atoms with van der Waals surface area (Å²) in [6, 6.07) is 7.61. The Kier molecular flexibility index (Phi) is 5.98. The van der Waals surface area contributed by atoms with Crippen molar-refractivity contribution in [3.8, 4) is 0 Å². The summed E-state index contributed by atoms with van der Waals surface area (Å²) < 4.78 is 1.83. The van der Waals surface area contributed by atoms with E-state index in [-0.39, 0.29) is 0 Å². The number of hydrogen-bond acceptors (Lipinski definition) is 2. The number of halogens is 3. The number of nitrogens with zero attached hydrogens (tertiary/aromatic N) is 1. The highest BCUT2D eigenvalue weighted by Crippen LogP contribution is 2.29. The van der Waals surface area contributed by atoms with Crippen LogP contribution in [-0.2, 0) is 6.54 Å². The summed E-state index contributed by atoms with van der Waals surface area (Å²) in [7, 11) is 0. The molecule has 2 rings (SSSR count). The molecular formula is C14H12Br2ClN3S. The molecule has 0 aliphatic heterocycles. The van der Waals surface area contributed by atoms with Crippen LogP contribution in [0.1, 0.15) is 11.1 Å². The van der Waals surface area contributed by atoms with E-state index in [0.29, 0.717) is 17.5 Å². The molecule has 0 saturated heterocycles. The molecule has 21 heavy (non-hydrogen) atoms. The number of nitrogens with one attached hydrogen (secondary N) is 2. The van der Waals surface area contributed by atoms with Gasteiger partial charge in [-0.05, 0) is 74.3 Å². The van der Waals surface area contributed by atoms with Gasteiger partial charge in [0.15, 0.2) is 5.11 Å². The highest BCUT2D eigenvalue weighted by molar-refractivity contribution is 9.11. The third-order valence-corrected chi connectivity index (χ3v) is 5.07. The average Bonchev–Trinajstić information content (AvgIpc) is 2.47. The Morgan fingerprint density at radius 1 is 1.29 bits per heavy atom. The van der Waals surface area contributed by atoms with Crippen LogP contribution in [-0.4, -0.2) is 10.1 Å². The smallest absolute Gasteiger partial charge is 0.172 e. The van der Waals surface area contributed by atoms with E-state index in [1.165, 1.54) is 0 Å². The van der Waals surface area contributed by atoms with Gasteiger partial charge in [-0.15, -0.1) is 0 Å². The van der Waals surface area contributed by atoms with Gasteiger partial charge in [-0.3, -0.25) is 0 Å². The molecule has 3 nitrogen and oxygen atoms in total. The molecule has 0 atom stereocenters. The highest BCUT2D eigenvalue weighted by Gasteiger charge is 2.09. The lowest BCUT2D eigenvalue weighted by molar-refractivity contribution is 0.924. The summed E-state index contributed by atoms with van der Waals surface area (Å²) in [5, 5.41) is 7.44. The monoisotopic (exact) mass is 447 g/mol. The van der Waals surface area contributed by atoms with Crippen molar-refractivity contribution in [3.05, 3.63) is 55.6 Å². The summed E-state index contributed by atoms with van der Waals surface area (Å²) in [5.74, 6) is 0.685. The first-order chi connectivity index (χ1) is 9.97. The van der Waals surface area contributed by atoms with E-state index in [1.54, 1.807) is 6.20 Å². The first kappa shape index (κ1) is 16.7. The normalized spacial score (nSPS) is 10.3. The molecule has 0 amide bonds. The average molecular weight is 450 g/mol. The number of pyridine rings is 1. The summed E-state index contributed by atoms with van der Waals surface area (Å²) in [6.45, 7) is 2.61. The lowest BCUT2D eigenvalue weighted by Crippen LogP contribution is -2.28. The molecule has 2 aromatic rings. The van der Waals surface area contributed by atoms with E-state index >= 15 is 0 Å². The molecule has 0 aliphatic rings. The quantitative estimate of drug-likeness (QED) is 0.643. The zero-order valence-electron chi connectivity index (χ0n) is 11.1. The Morgan fingerprint density at radius 3 is 2.62 bits per heavy atom. The SMILES string of the molecule is Cc1c(Br)cnc(NC(=S)NCc2ccc(Cl)cc2)c1Br. The standard InChI is InChI=1S/C14H12Br2ClN3S/c1-8-11(15)7-18-13(12(8)16)20-14(21)19-6-9-2-4-10(17)5-3-9/h2-5,7H,6H2,1H3,(H2,18,19,20,21). The van der Waals surface area contributed by atoms with Crippen LogP contribution in [0, 0.1) is 6.92 Å². The molecule has 0 bridgehead atoms. The van der Waals surface area contributed by atoms with Gasteiger partial charge < -0.3 is 10.6 Å². The van der Waals surface area contributed by atoms with Crippen molar-refractivity contribution < 1.29 is 0 Å². The fourth-order valence-corrected chi connectivity index (χ4v) is 2.86. The number of benzene rings is 1. The molecule has 110 valence electrons. The van der Waals surface area contributed by atoms with E-state index in [9.17, 15) is 0 Å². The minimum atomic E-state index is 0.514. The molecule has 0 radical (unpaired) electrons. The molecule has 0 spiro atoms. The largest absolute Gasteiger partial charge is 0.358 e. The zero-order chi connectivity index (χ0) is 15.4. The van der Waals surface area contributed by atoms with Gasteiger partial charge >= 0.3 is 0 Å². The third kappa shape index (κ3) is 4.64. The Balaban J connectivity index is 1.96. The molecule has 1 aromatic carbocycles. The third-order valence-electron chi connectivity index (χ3n) is 2.80. The number of rotatable bonds is 3. The van der Waals surface area contributed by atoms with Crippen LogP contribution in [0.2, 0.25) is 5.02 Å². The fourth-order valence-electron chi connectivity index (χ4n) is 1.58. The van der Waals surface area contributed by atoms with E-state index < -0.39 is 0 Å². The lowest BCUT2D eigenvalue weighted by atomic mass is 10.2. The van der Waals surface area contributed by atoms with Crippen LogP contribution in [0.15, 0.2) is 39.4 Å². The van der Waals surface area contributed by atoms with Crippen LogP contribution < -0.4 is 10.6 Å². The van der Waals surface area contributed by atoms with Gasteiger partial charge in [0.05, 0.1) is 4.47 Å². The number of anilines is 1. The van der Waals surface area contributed by atoms with E-state index in [4.69, 9.17) is 23.8 Å². The van der Waals surface area contributed by atoms with Crippen molar-refractivity contribution in [1.29, 1.82) is 0 Å². The molecule has 1 heterocycles. The first-order valence-corrected chi connectivity index (χ1v) is 8.44. The summed E-state index contributed by atoms with van der Waals surface area (Å²) in [4.78, 5) is 4.30. The highest BCUT2D eigenvalue weighted by atomic mass is 79.9. The topological polar surface area (TPSA) is 37.0 Å². The summed E-state index contributed by atoms with van der Waals surface area (Å²) in [6.07, 6.45) is 1.74. The summed E-state index contributed by atoms with van der Waals surface area (Å²) in [5.41, 5.74) is 2.16. The van der Waals surface area contributed by atoms with E-state index in [0.717, 1.165) is 25.1 Å². The fraction of sp³-hybridized carbons (Fsp3) is 0.143. The van der Waals surface area contributed by atoms with Gasteiger partial charge in [-0.2, -0.15) is 0 Å². The predicted molar refractivity (Wildman–Crippen MR) is 98.9 cm³/mol. The van der Waals surface area contributed by atoms with Crippen molar-refractivity contribution in [2.75, 3.05) is 5.32 Å². The molecule has 0 aliphatic carbocycles. The Labute approximate surface area is 150 Å². The number of hydrogen-bond donors (Lipinski definition) is 2. The van der Waals surface area contributed by atoms with Crippen LogP contribution in [0.3, 0.4) is 0 Å². The Morgan fingerprint density at radius 2 is 1.95 bits per heavy atom. The van der Waals surface area contributed by atoms with Crippen LogP contribution in [0.4, 0.5) is 5.82 Å². The van der Waals surface area contributed by atoms with Crippen molar-refractivity contribution in [3.63, 3.8) is 0 Å². The second kappa shape index (κ2) is 7.54. The Hall–Kier alpha value is -0.690. The maximum atomic E-state index is 5.85. The minimum absolute atomic E-state index is 0.514. The molecule has 0 unspecified atom stereocenters. The van der Waals surface area contributed by atoms with E-state index in [2.05, 4.69) is 47.5 Å². The zero-order valence-corrected chi connectivity index (χ0v) is 15.8. The maximum Gasteiger partial charge on any atom is 0.172 e. The van der Waals surface area contributed by atoms with Crippen LogP contribution in [0.5, 0.6) is 0 Å². The van der Waals surface area contributed by atoms with Gasteiger partial charge in [0.2, 0.25) is 0 Å². The molecule has 2 N–H and O–H groups in total. The van der Waals surface area contributed by atoms with Crippen molar-refractivity contribution in [2.24, 2.45) is 0 Å². The Bertz CT molecular complexity index is 662. The number of thiocarbonyl (C=S) groups is 1. The molecule has 0 saturated carbocycles. The lowest BCUT2D eigenvalue weighted by Gasteiger charge is -2.13. The van der Waals surface area contributed by atoms with Gasteiger partial charge in [0.25, 0.3) is 0 Å². The van der Waals surface area contributed by atoms with Gasteiger partial charge in [-0.1, -0.05) is 23.7 Å². The van der Waals surface area contributed by atoms with Crippen molar-refractivity contribution in [2.45, 2.75) is 13.5 Å². The van der Waals surface area contributed by atoms with Crippen LogP contribution in [0.25, 0.3) is 0 Å². The summed E-state index contributed by atoms with van der Waals surface area (Å²) >= 11 is 18.1. The number of aromatic nitrogens is 1. The second-order valence-electron chi connectivity index (χ2n) is 4.33. The van der Waals surface area contributed by atoms with Crippen LogP contribution >= 0.6 is 55.7 Å². The minimum Gasteiger partial charge on any atom is -0.358 e. The van der Waals surface area contributed by atoms with Crippen molar-refractivity contribution >= 4 is 66.6 Å². The molecule has 7 heteroatoms.